The molecule has 5 aromatic carbocycles. The van der Waals surface area contributed by atoms with Crippen molar-refractivity contribution in [2.24, 2.45) is 0 Å². The molecule has 0 saturated heterocycles. The Kier molecular flexibility index (Phi) is 3.88. The molecule has 178 valence electrons. The van der Waals surface area contributed by atoms with Gasteiger partial charge in [-0.05, 0) is 48.5 Å². The Morgan fingerprint density at radius 3 is 1.66 bits per heavy atom. The topological polar surface area (TPSA) is 39.5 Å². The van der Waals surface area contributed by atoms with E-state index in [2.05, 4.69) is 116 Å². The smallest absolute Gasteiger partial charge is 0.223 e. The van der Waals surface area contributed by atoms with Gasteiger partial charge in [0.1, 0.15) is 0 Å². The monoisotopic (exact) mass is 505 g/mol. The fraction of sp³-hybridized carbons (Fsp3) is 0. The number of hydrogen-bond acceptors (Lipinski definition) is 3. The highest BCUT2D eigenvalue weighted by atomic mass is 32.1. The number of imidazole rings is 2. The standard InChI is InChI=1S/C32H19N5S/c1-8-19-29-20(10-1)21-11-9-18-28(30(21)38-29)37-31-33-22-12-2-4-14-24(22)35(31)26-16-6-7-17-27(26)36-25-15-5-3-13-23(25)34-32(36)37/h1-19H. The van der Waals surface area contributed by atoms with Gasteiger partial charge in [0.05, 0.1) is 43.5 Å². The van der Waals surface area contributed by atoms with Crippen LogP contribution in [0, 0.1) is 0 Å². The van der Waals surface area contributed by atoms with Crippen LogP contribution in [0.1, 0.15) is 0 Å². The molecule has 0 spiro atoms. The van der Waals surface area contributed by atoms with Gasteiger partial charge in [0, 0.05) is 15.5 Å². The molecule has 0 unspecified atom stereocenters. The van der Waals surface area contributed by atoms with Crippen LogP contribution in [-0.4, -0.2) is 23.3 Å². The van der Waals surface area contributed by atoms with Crippen LogP contribution in [0.4, 0.5) is 0 Å². The van der Waals surface area contributed by atoms with Crippen LogP contribution in [0.2, 0.25) is 0 Å². The molecule has 9 aromatic rings. The molecule has 0 aliphatic heterocycles. The maximum Gasteiger partial charge on any atom is 0.223 e. The highest BCUT2D eigenvalue weighted by molar-refractivity contribution is 7.26. The summed E-state index contributed by atoms with van der Waals surface area (Å²) in [6.45, 7) is 0. The van der Waals surface area contributed by atoms with Gasteiger partial charge in [-0.15, -0.1) is 11.3 Å². The Morgan fingerprint density at radius 2 is 1.00 bits per heavy atom. The summed E-state index contributed by atoms with van der Waals surface area (Å²) in [5, 5.41) is 2.52. The molecular formula is C32H19N5S. The normalized spacial score (nSPS) is 12.2. The molecule has 6 heteroatoms. The molecule has 0 amide bonds. The Bertz CT molecular complexity index is 2310. The van der Waals surface area contributed by atoms with Crippen molar-refractivity contribution in [3.8, 4) is 5.69 Å². The van der Waals surface area contributed by atoms with Crippen molar-refractivity contribution in [2.45, 2.75) is 0 Å². The lowest BCUT2D eigenvalue weighted by molar-refractivity contribution is 1.04. The van der Waals surface area contributed by atoms with Crippen molar-refractivity contribution in [3.63, 3.8) is 0 Å². The summed E-state index contributed by atoms with van der Waals surface area (Å²) in [5.74, 6) is 1.66. The zero-order chi connectivity index (χ0) is 24.8. The lowest BCUT2D eigenvalue weighted by Gasteiger charge is -2.08. The fourth-order valence-electron chi connectivity index (χ4n) is 5.86. The van der Waals surface area contributed by atoms with Crippen LogP contribution in [0.25, 0.3) is 70.5 Å². The minimum Gasteiger partial charge on any atom is -0.276 e. The number of fused-ring (bicyclic) bond motifs is 12. The molecule has 4 aromatic heterocycles. The number of hydrogen-bond donors (Lipinski definition) is 0. The van der Waals surface area contributed by atoms with Crippen molar-refractivity contribution >= 4 is 76.2 Å². The van der Waals surface area contributed by atoms with Gasteiger partial charge in [0.15, 0.2) is 0 Å². The van der Waals surface area contributed by atoms with Gasteiger partial charge in [-0.25, -0.2) is 14.5 Å². The highest BCUT2D eigenvalue weighted by Gasteiger charge is 2.20. The lowest BCUT2D eigenvalue weighted by Crippen LogP contribution is -2.02. The fourth-order valence-corrected chi connectivity index (χ4v) is 7.06. The van der Waals surface area contributed by atoms with Gasteiger partial charge in [-0.2, -0.15) is 0 Å². The van der Waals surface area contributed by atoms with Crippen molar-refractivity contribution in [1.29, 1.82) is 0 Å². The number of para-hydroxylation sites is 6. The zero-order valence-electron chi connectivity index (χ0n) is 20.1. The summed E-state index contributed by atoms with van der Waals surface area (Å²) in [5.41, 5.74) is 7.27. The summed E-state index contributed by atoms with van der Waals surface area (Å²) in [6.07, 6.45) is 0. The predicted octanol–water partition coefficient (Wildman–Crippen LogP) is 8.16. The van der Waals surface area contributed by atoms with E-state index in [0.29, 0.717) is 0 Å². The maximum absolute atomic E-state index is 5.24. The van der Waals surface area contributed by atoms with Crippen LogP contribution in [0.5, 0.6) is 0 Å². The van der Waals surface area contributed by atoms with Crippen molar-refractivity contribution in [3.05, 3.63) is 115 Å². The van der Waals surface area contributed by atoms with E-state index in [1.165, 1.54) is 20.2 Å². The van der Waals surface area contributed by atoms with E-state index < -0.39 is 0 Å². The Morgan fingerprint density at radius 1 is 0.474 bits per heavy atom. The molecule has 0 bridgehead atoms. The maximum atomic E-state index is 5.24. The van der Waals surface area contributed by atoms with Gasteiger partial charge in [-0.1, -0.05) is 66.7 Å². The third-order valence-corrected chi connectivity index (χ3v) is 8.68. The third-order valence-electron chi connectivity index (χ3n) is 7.47. The van der Waals surface area contributed by atoms with Gasteiger partial charge < -0.3 is 0 Å². The molecular weight excluding hydrogens is 486 g/mol. The van der Waals surface area contributed by atoms with Crippen LogP contribution < -0.4 is 0 Å². The number of thiophene rings is 1. The van der Waals surface area contributed by atoms with Gasteiger partial charge in [0.2, 0.25) is 11.6 Å². The lowest BCUT2D eigenvalue weighted by atomic mass is 10.1. The van der Waals surface area contributed by atoms with Crippen molar-refractivity contribution in [2.75, 3.05) is 0 Å². The second kappa shape index (κ2) is 7.31. The average molecular weight is 506 g/mol. The minimum atomic E-state index is 0.831. The summed E-state index contributed by atoms with van der Waals surface area (Å²) in [4.78, 5) is 10.5. The minimum absolute atomic E-state index is 0.831. The molecule has 0 saturated carbocycles. The van der Waals surface area contributed by atoms with Crippen LogP contribution in [0.15, 0.2) is 115 Å². The van der Waals surface area contributed by atoms with Gasteiger partial charge >= 0.3 is 0 Å². The predicted molar refractivity (Wildman–Crippen MR) is 157 cm³/mol. The molecule has 0 N–H and O–H groups in total. The van der Waals surface area contributed by atoms with E-state index in [-0.39, 0.29) is 0 Å². The number of rotatable bonds is 1. The largest absolute Gasteiger partial charge is 0.276 e. The average Bonchev–Trinajstić information content (AvgIpc) is 3.63. The second-order valence-corrected chi connectivity index (χ2v) is 10.6. The first kappa shape index (κ1) is 20.2. The van der Waals surface area contributed by atoms with Gasteiger partial charge in [0.25, 0.3) is 0 Å². The molecule has 0 aliphatic carbocycles. The summed E-state index contributed by atoms with van der Waals surface area (Å²) in [6, 6.07) is 40.5. The Balaban J connectivity index is 1.64. The molecule has 0 atom stereocenters. The zero-order valence-corrected chi connectivity index (χ0v) is 20.9. The molecule has 0 fully saturated rings. The van der Waals surface area contributed by atoms with Crippen molar-refractivity contribution in [1.82, 2.24) is 23.3 Å². The van der Waals surface area contributed by atoms with E-state index in [1.807, 2.05) is 23.5 Å². The third kappa shape index (κ3) is 2.54. The Labute approximate surface area is 220 Å². The molecule has 0 aliphatic rings. The first-order chi connectivity index (χ1) is 18.9. The molecule has 9 rings (SSSR count). The quantitative estimate of drug-likeness (QED) is 0.226. The van der Waals surface area contributed by atoms with E-state index >= 15 is 0 Å². The van der Waals surface area contributed by atoms with Gasteiger partial charge in [-0.3, -0.25) is 8.80 Å². The first-order valence-corrected chi connectivity index (χ1v) is 13.4. The van der Waals surface area contributed by atoms with E-state index in [9.17, 15) is 0 Å². The summed E-state index contributed by atoms with van der Waals surface area (Å²) in [7, 11) is 0. The van der Waals surface area contributed by atoms with E-state index in [4.69, 9.17) is 9.97 Å². The van der Waals surface area contributed by atoms with E-state index in [1.54, 1.807) is 0 Å². The SMILES string of the molecule is c1ccc2c(c1)nc1n(-c3cccc4c3sc3ccccc34)c3nc4ccccc4n3c3ccccc3n21. The summed E-state index contributed by atoms with van der Waals surface area (Å²) < 4.78 is 9.30. The number of aromatic nitrogens is 5. The van der Waals surface area contributed by atoms with Crippen LogP contribution in [0.3, 0.4) is 0 Å². The molecule has 38 heavy (non-hydrogen) atoms. The van der Waals surface area contributed by atoms with Crippen LogP contribution >= 0.6 is 11.3 Å². The van der Waals surface area contributed by atoms with Crippen molar-refractivity contribution < 1.29 is 0 Å². The Hall–Kier alpha value is -4.94. The second-order valence-electron chi connectivity index (χ2n) is 9.55. The van der Waals surface area contributed by atoms with Crippen LogP contribution in [-0.2, 0) is 0 Å². The summed E-state index contributed by atoms with van der Waals surface area (Å²) >= 11 is 1.82. The highest BCUT2D eigenvalue weighted by Crippen LogP contribution is 2.39. The molecule has 5 nitrogen and oxygen atoms in total. The molecule has 0 radical (unpaired) electrons. The number of nitrogens with zero attached hydrogens (tertiary/aromatic N) is 5. The number of benzene rings is 5. The van der Waals surface area contributed by atoms with E-state index in [0.717, 1.165) is 50.3 Å². The first-order valence-electron chi connectivity index (χ1n) is 12.6. The molecule has 4 heterocycles.